The fraction of sp³-hybridized carbons (Fsp3) is 0.133. The molecule has 2 aromatic carbocycles. The number of aliphatic carboxylic acids is 1. The third-order valence-corrected chi connectivity index (χ3v) is 3.60. The number of nitrogens with two attached hydrogens (primary N) is 1. The van der Waals surface area contributed by atoms with E-state index in [-0.39, 0.29) is 0 Å². The molecular weight excluding hydrogens is 272 g/mol. The number of anilines is 1. The number of benzene rings is 2. The smallest absolute Gasteiger partial charge is 0.320 e. The average Bonchev–Trinajstić information content (AvgIpc) is 2.47. The lowest BCUT2D eigenvalue weighted by molar-refractivity contribution is -0.138. The van der Waals surface area contributed by atoms with Crippen molar-refractivity contribution < 1.29 is 9.90 Å². The highest BCUT2D eigenvalue weighted by Gasteiger charge is 2.11. The van der Waals surface area contributed by atoms with Crippen LogP contribution in [0.5, 0.6) is 0 Å². The molecule has 0 spiro atoms. The molecule has 20 heavy (non-hydrogen) atoms. The van der Waals surface area contributed by atoms with Crippen LogP contribution in [-0.2, 0) is 11.2 Å². The molecule has 5 heteroatoms. The summed E-state index contributed by atoms with van der Waals surface area (Å²) in [6, 6.07) is 16.8. The number of carboxylic acids is 1. The number of hydrogen-bond acceptors (Lipinski definition) is 4. The van der Waals surface area contributed by atoms with Crippen molar-refractivity contribution in [3.05, 3.63) is 60.2 Å². The van der Waals surface area contributed by atoms with Crippen LogP contribution in [0.4, 0.5) is 5.69 Å². The van der Waals surface area contributed by atoms with Gasteiger partial charge >= 0.3 is 5.97 Å². The summed E-state index contributed by atoms with van der Waals surface area (Å²) in [5.41, 5.74) is 7.38. The molecule has 0 heterocycles. The van der Waals surface area contributed by atoms with E-state index in [0.717, 1.165) is 16.1 Å². The summed E-state index contributed by atoms with van der Waals surface area (Å²) in [5, 5.41) is 8.77. The van der Waals surface area contributed by atoms with Crippen LogP contribution in [0.25, 0.3) is 0 Å². The van der Waals surface area contributed by atoms with Crippen LogP contribution in [0.15, 0.2) is 59.5 Å². The molecule has 0 amide bonds. The third kappa shape index (κ3) is 4.29. The van der Waals surface area contributed by atoms with Gasteiger partial charge in [-0.2, -0.15) is 0 Å². The van der Waals surface area contributed by atoms with Crippen molar-refractivity contribution in [2.75, 3.05) is 4.72 Å². The Balaban J connectivity index is 1.90. The van der Waals surface area contributed by atoms with Crippen LogP contribution in [-0.4, -0.2) is 17.1 Å². The Labute approximate surface area is 122 Å². The second-order valence-corrected chi connectivity index (χ2v) is 5.24. The van der Waals surface area contributed by atoms with Crippen molar-refractivity contribution >= 4 is 23.6 Å². The predicted octanol–water partition coefficient (Wildman–Crippen LogP) is 2.76. The maximum atomic E-state index is 10.7. The zero-order chi connectivity index (χ0) is 14.4. The Morgan fingerprint density at radius 2 is 1.80 bits per heavy atom. The first-order chi connectivity index (χ1) is 9.65. The molecule has 2 aromatic rings. The number of carbonyl (C=O) groups is 1. The van der Waals surface area contributed by atoms with Gasteiger partial charge in [0.15, 0.2) is 0 Å². The van der Waals surface area contributed by atoms with E-state index in [2.05, 4.69) is 4.72 Å². The molecule has 0 saturated carbocycles. The van der Waals surface area contributed by atoms with E-state index < -0.39 is 12.0 Å². The van der Waals surface area contributed by atoms with E-state index >= 15 is 0 Å². The topological polar surface area (TPSA) is 75.3 Å². The minimum absolute atomic E-state index is 0.335. The molecule has 0 radical (unpaired) electrons. The monoisotopic (exact) mass is 288 g/mol. The van der Waals surface area contributed by atoms with E-state index in [4.69, 9.17) is 10.8 Å². The lowest BCUT2D eigenvalue weighted by Gasteiger charge is -2.08. The van der Waals surface area contributed by atoms with Crippen LogP contribution in [0.1, 0.15) is 5.56 Å². The minimum Gasteiger partial charge on any atom is -0.480 e. The lowest BCUT2D eigenvalue weighted by Crippen LogP contribution is -2.32. The Hall–Kier alpha value is -1.98. The molecule has 0 saturated heterocycles. The largest absolute Gasteiger partial charge is 0.480 e. The fourth-order valence-corrected chi connectivity index (χ4v) is 2.32. The predicted molar refractivity (Wildman–Crippen MR) is 81.7 cm³/mol. The quantitative estimate of drug-likeness (QED) is 0.713. The standard InChI is InChI=1S/C15H16N2O2S/c16-14(15(18)19)10-11-6-8-12(9-7-11)17-20-13-4-2-1-3-5-13/h1-9,14,17H,10,16H2,(H,18,19). The minimum atomic E-state index is -0.980. The van der Waals surface area contributed by atoms with Crippen LogP contribution >= 0.6 is 11.9 Å². The highest BCUT2D eigenvalue weighted by Crippen LogP contribution is 2.21. The second kappa shape index (κ2) is 6.98. The molecule has 0 bridgehead atoms. The third-order valence-electron chi connectivity index (χ3n) is 2.76. The molecule has 0 aliphatic carbocycles. The van der Waals surface area contributed by atoms with Crippen LogP contribution < -0.4 is 10.5 Å². The van der Waals surface area contributed by atoms with Crippen LogP contribution in [0.3, 0.4) is 0 Å². The molecule has 2 rings (SSSR count). The van der Waals surface area contributed by atoms with Gasteiger partial charge in [-0.25, -0.2) is 0 Å². The summed E-state index contributed by atoms with van der Waals surface area (Å²) in [4.78, 5) is 11.8. The van der Waals surface area contributed by atoms with Gasteiger partial charge in [-0.1, -0.05) is 30.3 Å². The van der Waals surface area contributed by atoms with E-state index in [1.54, 1.807) is 0 Å². The number of hydrogen-bond donors (Lipinski definition) is 3. The van der Waals surface area contributed by atoms with Gasteiger partial charge in [-0.05, 0) is 48.2 Å². The first-order valence-electron chi connectivity index (χ1n) is 6.20. The van der Waals surface area contributed by atoms with Gasteiger partial charge in [-0.3, -0.25) is 4.79 Å². The van der Waals surface area contributed by atoms with Crippen molar-refractivity contribution in [2.45, 2.75) is 17.4 Å². The number of rotatable bonds is 6. The molecule has 4 N–H and O–H groups in total. The summed E-state index contributed by atoms with van der Waals surface area (Å²) in [7, 11) is 0. The molecule has 104 valence electrons. The van der Waals surface area contributed by atoms with Gasteiger partial charge in [0, 0.05) is 10.6 Å². The zero-order valence-electron chi connectivity index (χ0n) is 10.8. The number of nitrogens with one attached hydrogen (secondary N) is 1. The molecular formula is C15H16N2O2S. The second-order valence-electron chi connectivity index (χ2n) is 4.36. The van der Waals surface area contributed by atoms with Crippen molar-refractivity contribution in [1.29, 1.82) is 0 Å². The van der Waals surface area contributed by atoms with Crippen molar-refractivity contribution in [2.24, 2.45) is 5.73 Å². The molecule has 4 nitrogen and oxygen atoms in total. The molecule has 0 fully saturated rings. The van der Waals surface area contributed by atoms with E-state index in [1.165, 1.54) is 11.9 Å². The van der Waals surface area contributed by atoms with E-state index in [0.29, 0.717) is 6.42 Å². The molecule has 0 aromatic heterocycles. The summed E-state index contributed by atoms with van der Waals surface area (Å²) in [5.74, 6) is -0.980. The molecule has 0 aliphatic heterocycles. The van der Waals surface area contributed by atoms with Gasteiger partial charge in [0.1, 0.15) is 6.04 Å². The average molecular weight is 288 g/mol. The van der Waals surface area contributed by atoms with Crippen LogP contribution in [0, 0.1) is 0 Å². The molecule has 1 unspecified atom stereocenters. The van der Waals surface area contributed by atoms with Gasteiger partial charge in [-0.15, -0.1) is 0 Å². The Morgan fingerprint density at radius 1 is 1.15 bits per heavy atom. The van der Waals surface area contributed by atoms with Gasteiger partial charge in [0.2, 0.25) is 0 Å². The first kappa shape index (κ1) is 14.4. The SMILES string of the molecule is NC(Cc1ccc(NSc2ccccc2)cc1)C(=O)O. The Kier molecular flexibility index (Phi) is 5.03. The summed E-state index contributed by atoms with van der Waals surface area (Å²) in [6.45, 7) is 0. The molecule has 0 aliphatic rings. The van der Waals surface area contributed by atoms with E-state index in [9.17, 15) is 4.79 Å². The van der Waals surface area contributed by atoms with Gasteiger partial charge in [0.05, 0.1) is 0 Å². The van der Waals surface area contributed by atoms with Crippen LogP contribution in [0.2, 0.25) is 0 Å². The van der Waals surface area contributed by atoms with Gasteiger partial charge < -0.3 is 15.6 Å². The Morgan fingerprint density at radius 3 is 2.40 bits per heavy atom. The highest BCUT2D eigenvalue weighted by atomic mass is 32.2. The normalized spacial score (nSPS) is 11.8. The van der Waals surface area contributed by atoms with Crippen molar-refractivity contribution in [1.82, 2.24) is 0 Å². The fourth-order valence-electron chi connectivity index (χ4n) is 1.66. The number of carboxylic acid groups (broad SMARTS) is 1. The van der Waals surface area contributed by atoms with Gasteiger partial charge in [0.25, 0.3) is 0 Å². The maximum Gasteiger partial charge on any atom is 0.320 e. The first-order valence-corrected chi connectivity index (χ1v) is 7.02. The Bertz CT molecular complexity index is 558. The maximum absolute atomic E-state index is 10.7. The summed E-state index contributed by atoms with van der Waals surface area (Å²) < 4.78 is 3.23. The van der Waals surface area contributed by atoms with Crippen molar-refractivity contribution in [3.63, 3.8) is 0 Å². The lowest BCUT2D eigenvalue weighted by atomic mass is 10.1. The van der Waals surface area contributed by atoms with E-state index in [1.807, 2.05) is 54.6 Å². The highest BCUT2D eigenvalue weighted by molar-refractivity contribution is 8.00. The molecule has 1 atom stereocenters. The van der Waals surface area contributed by atoms with Crippen molar-refractivity contribution in [3.8, 4) is 0 Å². The summed E-state index contributed by atoms with van der Waals surface area (Å²) >= 11 is 1.53. The zero-order valence-corrected chi connectivity index (χ0v) is 11.6. The summed E-state index contributed by atoms with van der Waals surface area (Å²) in [6.07, 6.45) is 0.335.